The minimum absolute atomic E-state index is 0.0165. The lowest BCUT2D eigenvalue weighted by atomic mass is 9.68. The van der Waals surface area contributed by atoms with Gasteiger partial charge in [0.05, 0.1) is 11.3 Å². The van der Waals surface area contributed by atoms with E-state index in [9.17, 15) is 4.79 Å². The molecular weight excluding hydrogens is 376 g/mol. The zero-order valence-electron chi connectivity index (χ0n) is 19.2. The Labute approximate surface area is 180 Å². The van der Waals surface area contributed by atoms with Crippen molar-refractivity contribution in [2.24, 2.45) is 16.6 Å². The first kappa shape index (κ1) is 23.7. The second kappa shape index (κ2) is 9.49. The Morgan fingerprint density at radius 1 is 1.37 bits per heavy atom. The van der Waals surface area contributed by atoms with Gasteiger partial charge in [0.1, 0.15) is 5.82 Å². The Morgan fingerprint density at radius 2 is 2.07 bits per heavy atom. The number of anilines is 2. The third-order valence-electron chi connectivity index (χ3n) is 5.88. The quantitative estimate of drug-likeness (QED) is 0.343. The van der Waals surface area contributed by atoms with Crippen LogP contribution in [0.2, 0.25) is 0 Å². The zero-order chi connectivity index (χ0) is 22.5. The lowest BCUT2D eigenvalue weighted by Crippen LogP contribution is -2.49. The van der Waals surface area contributed by atoms with E-state index in [4.69, 9.17) is 16.1 Å². The summed E-state index contributed by atoms with van der Waals surface area (Å²) in [5, 5.41) is 17.2. The van der Waals surface area contributed by atoms with Crippen molar-refractivity contribution >= 4 is 23.6 Å². The molecule has 7 heteroatoms. The molecule has 2 unspecified atom stereocenters. The Morgan fingerprint density at radius 3 is 2.63 bits per heavy atom. The molecular formula is C23H38N6O. The molecule has 1 fully saturated rings. The fraction of sp³-hybridized carbons (Fsp3) is 0.609. The molecule has 1 heterocycles. The van der Waals surface area contributed by atoms with E-state index in [-0.39, 0.29) is 34.3 Å². The van der Waals surface area contributed by atoms with E-state index in [2.05, 4.69) is 62.7 Å². The first-order valence-electron chi connectivity index (χ1n) is 10.7. The lowest BCUT2D eigenvalue weighted by molar-refractivity contribution is -0.118. The van der Waals surface area contributed by atoms with Crippen LogP contribution in [0.3, 0.4) is 0 Å². The number of carbonyl (C=O) groups is 1. The molecule has 2 rings (SSSR count). The molecule has 0 aromatic carbocycles. The maximum Gasteiger partial charge on any atom is 0.254 e. The molecule has 7 nitrogen and oxygen atoms in total. The van der Waals surface area contributed by atoms with Gasteiger partial charge in [-0.15, -0.1) is 0 Å². The largest absolute Gasteiger partial charge is 0.404 e. The number of amides is 1. The second-order valence-corrected chi connectivity index (χ2v) is 10.0. The van der Waals surface area contributed by atoms with E-state index in [1.54, 1.807) is 0 Å². The normalized spacial score (nSPS) is 21.6. The zero-order valence-corrected chi connectivity index (χ0v) is 19.2. The Kier molecular flexibility index (Phi) is 7.50. The van der Waals surface area contributed by atoms with Crippen LogP contribution >= 0.6 is 0 Å². The Bertz CT molecular complexity index is 793. The summed E-state index contributed by atoms with van der Waals surface area (Å²) in [6.07, 6.45) is 4.98. The van der Waals surface area contributed by atoms with Crippen LogP contribution in [0.25, 0.3) is 0 Å². The van der Waals surface area contributed by atoms with Gasteiger partial charge in [-0.05, 0) is 42.2 Å². The lowest BCUT2D eigenvalue weighted by Gasteiger charge is -2.42. The molecule has 30 heavy (non-hydrogen) atoms. The molecule has 166 valence electrons. The first-order chi connectivity index (χ1) is 14.0. The first-order valence-corrected chi connectivity index (χ1v) is 10.7. The molecule has 2 atom stereocenters. The predicted molar refractivity (Wildman–Crippen MR) is 125 cm³/mol. The van der Waals surface area contributed by atoms with Crippen molar-refractivity contribution in [2.75, 3.05) is 24.2 Å². The number of nitrogens with zero attached hydrogens (tertiary/aromatic N) is 1. The molecule has 0 bridgehead atoms. The summed E-state index contributed by atoms with van der Waals surface area (Å²) in [6.45, 7) is 11.8. The van der Waals surface area contributed by atoms with E-state index < -0.39 is 0 Å². The molecule has 1 aliphatic carbocycles. The van der Waals surface area contributed by atoms with Gasteiger partial charge in [0, 0.05) is 43.7 Å². The van der Waals surface area contributed by atoms with Gasteiger partial charge < -0.3 is 27.1 Å². The van der Waals surface area contributed by atoms with E-state index in [1.165, 1.54) is 6.20 Å². The van der Waals surface area contributed by atoms with Crippen molar-refractivity contribution in [3.63, 3.8) is 0 Å². The van der Waals surface area contributed by atoms with E-state index in [1.807, 2.05) is 7.05 Å². The smallest absolute Gasteiger partial charge is 0.254 e. The summed E-state index contributed by atoms with van der Waals surface area (Å²) in [5.74, 6) is 0.813. The highest BCUT2D eigenvalue weighted by Gasteiger charge is 2.38. The molecule has 1 saturated carbocycles. The fourth-order valence-corrected chi connectivity index (χ4v) is 3.79. The fourth-order valence-electron chi connectivity index (χ4n) is 3.79. The topological polar surface area (TPSA) is 116 Å². The van der Waals surface area contributed by atoms with Gasteiger partial charge in [-0.1, -0.05) is 34.6 Å². The number of hydrogen-bond donors (Lipinski definition) is 5. The summed E-state index contributed by atoms with van der Waals surface area (Å²) in [4.78, 5) is 17.3. The number of aromatic nitrogens is 1. The number of hydrogen-bond acceptors (Lipinski definition) is 6. The molecule has 0 radical (unpaired) electrons. The van der Waals surface area contributed by atoms with Gasteiger partial charge in [0.2, 0.25) is 0 Å². The molecule has 0 saturated heterocycles. The van der Waals surface area contributed by atoms with Crippen LogP contribution in [0.15, 0.2) is 23.9 Å². The average Bonchev–Trinajstić information content (AvgIpc) is 2.68. The number of nitrogens with one attached hydrogen (secondary N) is 4. The van der Waals surface area contributed by atoms with Crippen LogP contribution < -0.4 is 21.7 Å². The van der Waals surface area contributed by atoms with Crippen molar-refractivity contribution in [2.45, 2.75) is 65.8 Å². The van der Waals surface area contributed by atoms with Crippen LogP contribution in [0.4, 0.5) is 11.5 Å². The highest BCUT2D eigenvalue weighted by molar-refractivity contribution is 6.11. The van der Waals surface area contributed by atoms with Crippen molar-refractivity contribution in [1.82, 2.24) is 10.3 Å². The van der Waals surface area contributed by atoms with Gasteiger partial charge in [0.25, 0.3) is 5.91 Å². The monoisotopic (exact) mass is 414 g/mol. The minimum atomic E-state index is -0.295. The van der Waals surface area contributed by atoms with Gasteiger partial charge >= 0.3 is 0 Å². The van der Waals surface area contributed by atoms with Crippen molar-refractivity contribution in [3.8, 4) is 0 Å². The third kappa shape index (κ3) is 5.97. The summed E-state index contributed by atoms with van der Waals surface area (Å²) in [7, 11) is 1.89. The number of pyridine rings is 1. The second-order valence-electron chi connectivity index (χ2n) is 10.0. The molecule has 0 aliphatic heterocycles. The molecule has 0 spiro atoms. The Hall–Kier alpha value is -2.57. The van der Waals surface area contributed by atoms with Gasteiger partial charge in [-0.25, -0.2) is 4.98 Å². The van der Waals surface area contributed by atoms with Gasteiger partial charge in [-0.3, -0.25) is 4.79 Å². The van der Waals surface area contributed by atoms with Gasteiger partial charge in [0.15, 0.2) is 0 Å². The summed E-state index contributed by atoms with van der Waals surface area (Å²) in [6, 6.07) is 4.17. The average molecular weight is 415 g/mol. The standard InChI is InChI=1S/C23H38N6O/c1-22(2,3)14-27-18-8-7-17(28-20(18)26-6)15-9-10-23(4,5)19(11-15)29-21(30)16(12-24)13-25/h7-8,12-13,15,19,24,27H,9-11,14,25H2,1-6H3,(H,26,28)(H,29,30)/b16-13+,24-12?. The molecule has 1 aromatic heterocycles. The van der Waals surface area contributed by atoms with Crippen molar-refractivity contribution in [1.29, 1.82) is 5.41 Å². The van der Waals surface area contributed by atoms with Crippen LogP contribution in [0.1, 0.15) is 65.5 Å². The maximum atomic E-state index is 12.5. The van der Waals surface area contributed by atoms with E-state index in [0.29, 0.717) is 0 Å². The van der Waals surface area contributed by atoms with Crippen molar-refractivity contribution in [3.05, 3.63) is 29.6 Å². The number of carbonyl (C=O) groups excluding carboxylic acids is 1. The highest BCUT2D eigenvalue weighted by Crippen LogP contribution is 2.43. The SMILES string of the molecule is CNc1nc(C2CCC(C)(C)C(NC(=O)/C(C=N)=C/N)C2)ccc1NCC(C)(C)C. The minimum Gasteiger partial charge on any atom is -0.404 e. The molecule has 6 N–H and O–H groups in total. The van der Waals surface area contributed by atoms with Gasteiger partial charge in [-0.2, -0.15) is 0 Å². The highest BCUT2D eigenvalue weighted by atomic mass is 16.1. The summed E-state index contributed by atoms with van der Waals surface area (Å²) >= 11 is 0. The summed E-state index contributed by atoms with van der Waals surface area (Å²) < 4.78 is 0. The predicted octanol–water partition coefficient (Wildman–Crippen LogP) is 3.85. The van der Waals surface area contributed by atoms with Crippen LogP contribution in [0, 0.1) is 16.2 Å². The van der Waals surface area contributed by atoms with Crippen molar-refractivity contribution < 1.29 is 4.79 Å². The maximum absolute atomic E-state index is 12.5. The molecule has 1 amide bonds. The Balaban J connectivity index is 2.19. The van der Waals surface area contributed by atoms with Crippen LogP contribution in [0.5, 0.6) is 0 Å². The number of rotatable bonds is 7. The van der Waals surface area contributed by atoms with E-state index >= 15 is 0 Å². The third-order valence-corrected chi connectivity index (χ3v) is 5.88. The number of nitrogens with two attached hydrogens (primary N) is 1. The molecule has 1 aromatic rings. The van der Waals surface area contributed by atoms with Crippen LogP contribution in [-0.2, 0) is 4.79 Å². The summed E-state index contributed by atoms with van der Waals surface area (Å²) in [5.41, 5.74) is 7.84. The van der Waals surface area contributed by atoms with E-state index in [0.717, 1.165) is 49.2 Å². The molecule has 1 aliphatic rings. The van der Waals surface area contributed by atoms with Crippen LogP contribution in [-0.4, -0.2) is 36.7 Å².